The van der Waals surface area contributed by atoms with Gasteiger partial charge in [-0.25, -0.2) is 4.98 Å². The fourth-order valence-corrected chi connectivity index (χ4v) is 2.63. The molecular weight excluding hydrogens is 358 g/mol. The molecule has 8 nitrogen and oxygen atoms in total. The number of nitrogens with zero attached hydrogens (tertiary/aromatic N) is 3. The Hall–Kier alpha value is -3.13. The number of nitrogens with one attached hydrogen (secondary N) is 2. The standard InChI is InChI=1S/C17H16ClN5O3/c1-9-7-15(24)21-17(19-9)23-14(6-10(2)22-23)20-16(25)12-8-11(18)4-5-13(12)26-3/h4-8H,1-3H3,(H,20,25)(H,19,21,24). The van der Waals surface area contributed by atoms with Crippen molar-refractivity contribution in [2.24, 2.45) is 0 Å². The van der Waals surface area contributed by atoms with Crippen LogP contribution < -0.4 is 15.6 Å². The number of H-pyrrole nitrogens is 1. The molecule has 134 valence electrons. The molecule has 0 aliphatic carbocycles. The molecule has 1 amide bonds. The number of aryl methyl sites for hydroxylation is 2. The molecule has 0 aliphatic heterocycles. The number of aromatic nitrogens is 4. The van der Waals surface area contributed by atoms with E-state index in [0.29, 0.717) is 28.0 Å². The predicted octanol–water partition coefficient (Wildman–Crippen LogP) is 2.49. The lowest BCUT2D eigenvalue weighted by Gasteiger charge is -2.11. The van der Waals surface area contributed by atoms with E-state index in [1.807, 2.05) is 0 Å². The maximum absolute atomic E-state index is 12.7. The number of amides is 1. The molecular formula is C17H16ClN5O3. The van der Waals surface area contributed by atoms with Crippen LogP contribution in [0.5, 0.6) is 5.75 Å². The number of anilines is 1. The van der Waals surface area contributed by atoms with Gasteiger partial charge < -0.3 is 10.1 Å². The second-order valence-electron chi connectivity index (χ2n) is 5.59. The third-order valence-corrected chi connectivity index (χ3v) is 3.77. The van der Waals surface area contributed by atoms with Gasteiger partial charge in [0.15, 0.2) is 0 Å². The molecule has 0 spiro atoms. The molecule has 26 heavy (non-hydrogen) atoms. The summed E-state index contributed by atoms with van der Waals surface area (Å²) in [4.78, 5) is 31.3. The van der Waals surface area contributed by atoms with Gasteiger partial charge in [0.05, 0.1) is 18.4 Å². The van der Waals surface area contributed by atoms with Gasteiger partial charge in [-0.15, -0.1) is 0 Å². The first kappa shape index (κ1) is 17.7. The van der Waals surface area contributed by atoms with Crippen molar-refractivity contribution in [1.82, 2.24) is 19.7 Å². The minimum atomic E-state index is -0.430. The Morgan fingerprint density at radius 2 is 2.00 bits per heavy atom. The van der Waals surface area contributed by atoms with Crippen LogP contribution in [0.1, 0.15) is 21.7 Å². The van der Waals surface area contributed by atoms with Crippen molar-refractivity contribution in [3.8, 4) is 11.7 Å². The van der Waals surface area contributed by atoms with Crippen molar-refractivity contribution >= 4 is 23.3 Å². The second kappa shape index (κ2) is 7.01. The minimum absolute atomic E-state index is 0.205. The number of rotatable bonds is 4. The van der Waals surface area contributed by atoms with Crippen LogP contribution in [-0.4, -0.2) is 32.8 Å². The fraction of sp³-hybridized carbons (Fsp3) is 0.176. The van der Waals surface area contributed by atoms with Gasteiger partial charge >= 0.3 is 0 Å². The van der Waals surface area contributed by atoms with Crippen molar-refractivity contribution in [3.63, 3.8) is 0 Å². The lowest BCUT2D eigenvalue weighted by atomic mass is 10.2. The van der Waals surface area contributed by atoms with Gasteiger partial charge in [0.25, 0.3) is 11.5 Å². The molecule has 0 saturated carbocycles. The van der Waals surface area contributed by atoms with Gasteiger partial charge in [-0.3, -0.25) is 14.6 Å². The van der Waals surface area contributed by atoms with Crippen LogP contribution in [0.3, 0.4) is 0 Å². The Morgan fingerprint density at radius 3 is 2.69 bits per heavy atom. The quantitative estimate of drug-likeness (QED) is 0.731. The van der Waals surface area contributed by atoms with Gasteiger partial charge in [0.1, 0.15) is 11.6 Å². The Balaban J connectivity index is 2.00. The van der Waals surface area contributed by atoms with Gasteiger partial charge in [-0.05, 0) is 32.0 Å². The zero-order valence-corrected chi connectivity index (χ0v) is 15.1. The van der Waals surface area contributed by atoms with Gasteiger partial charge in [-0.1, -0.05) is 11.6 Å². The number of aromatic amines is 1. The molecule has 1 aromatic carbocycles. The highest BCUT2D eigenvalue weighted by Crippen LogP contribution is 2.24. The highest BCUT2D eigenvalue weighted by atomic mass is 35.5. The van der Waals surface area contributed by atoms with Crippen LogP contribution in [-0.2, 0) is 0 Å². The summed E-state index contributed by atoms with van der Waals surface area (Å²) >= 11 is 5.98. The highest BCUT2D eigenvalue weighted by molar-refractivity contribution is 6.31. The lowest BCUT2D eigenvalue weighted by molar-refractivity contribution is 0.102. The number of halogens is 1. The summed E-state index contributed by atoms with van der Waals surface area (Å²) in [5.74, 6) is 0.511. The smallest absolute Gasteiger partial charge is 0.260 e. The van der Waals surface area contributed by atoms with E-state index in [4.69, 9.17) is 16.3 Å². The average molecular weight is 374 g/mol. The molecule has 2 N–H and O–H groups in total. The molecule has 2 aromatic heterocycles. The fourth-order valence-electron chi connectivity index (χ4n) is 2.45. The number of benzene rings is 1. The first-order valence-corrected chi connectivity index (χ1v) is 8.05. The molecule has 9 heteroatoms. The largest absolute Gasteiger partial charge is 0.496 e. The molecule has 0 aliphatic rings. The summed E-state index contributed by atoms with van der Waals surface area (Å²) in [6.45, 7) is 3.46. The van der Waals surface area contributed by atoms with E-state index < -0.39 is 5.91 Å². The number of methoxy groups -OCH3 is 1. The van der Waals surface area contributed by atoms with E-state index >= 15 is 0 Å². The normalized spacial score (nSPS) is 10.6. The number of carbonyl (C=O) groups excluding carboxylic acids is 1. The second-order valence-corrected chi connectivity index (χ2v) is 6.03. The summed E-state index contributed by atoms with van der Waals surface area (Å²) in [5, 5.41) is 7.44. The SMILES string of the molecule is COc1ccc(Cl)cc1C(=O)Nc1cc(C)nn1-c1nc(C)cc(=O)[nH]1. The van der Waals surface area contributed by atoms with Crippen molar-refractivity contribution in [2.45, 2.75) is 13.8 Å². The van der Waals surface area contributed by atoms with Crippen molar-refractivity contribution in [2.75, 3.05) is 12.4 Å². The molecule has 3 aromatic rings. The van der Waals surface area contributed by atoms with Crippen LogP contribution in [0.25, 0.3) is 5.95 Å². The summed E-state index contributed by atoms with van der Waals surface area (Å²) in [6, 6.07) is 7.79. The van der Waals surface area contributed by atoms with Gasteiger partial charge in [0.2, 0.25) is 5.95 Å². The maximum Gasteiger partial charge on any atom is 0.260 e. The number of hydrogen-bond donors (Lipinski definition) is 2. The van der Waals surface area contributed by atoms with Crippen LogP contribution >= 0.6 is 11.6 Å². The van der Waals surface area contributed by atoms with E-state index in [2.05, 4.69) is 20.4 Å². The van der Waals surface area contributed by atoms with Crippen LogP contribution in [0.15, 0.2) is 35.1 Å². The summed E-state index contributed by atoms with van der Waals surface area (Å²) < 4.78 is 6.57. The molecule has 0 fully saturated rings. The van der Waals surface area contributed by atoms with Gasteiger partial charge in [0, 0.05) is 22.8 Å². The first-order valence-electron chi connectivity index (χ1n) is 7.67. The molecule has 2 heterocycles. The monoisotopic (exact) mass is 373 g/mol. The molecule has 3 rings (SSSR count). The van der Waals surface area contributed by atoms with Gasteiger partial charge in [-0.2, -0.15) is 9.78 Å². The minimum Gasteiger partial charge on any atom is -0.496 e. The average Bonchev–Trinajstić information content (AvgIpc) is 2.94. The number of ether oxygens (including phenoxy) is 1. The van der Waals surface area contributed by atoms with Crippen LogP contribution in [0.2, 0.25) is 5.02 Å². The van der Waals surface area contributed by atoms with Crippen molar-refractivity contribution in [1.29, 1.82) is 0 Å². The number of carbonyl (C=O) groups is 1. The Bertz CT molecular complexity index is 1040. The van der Waals surface area contributed by atoms with E-state index in [1.54, 1.807) is 32.0 Å². The predicted molar refractivity (Wildman–Crippen MR) is 97.4 cm³/mol. The lowest BCUT2D eigenvalue weighted by Crippen LogP contribution is -2.19. The molecule has 0 bridgehead atoms. The summed E-state index contributed by atoms with van der Waals surface area (Å²) in [5.41, 5.74) is 1.14. The van der Waals surface area contributed by atoms with Crippen LogP contribution in [0.4, 0.5) is 5.82 Å². The number of hydrogen-bond acceptors (Lipinski definition) is 5. The van der Waals surface area contributed by atoms with E-state index in [-0.39, 0.29) is 17.1 Å². The maximum atomic E-state index is 12.7. The van der Waals surface area contributed by atoms with Crippen molar-refractivity contribution < 1.29 is 9.53 Å². The van der Waals surface area contributed by atoms with E-state index in [1.165, 1.54) is 23.9 Å². The highest BCUT2D eigenvalue weighted by Gasteiger charge is 2.17. The molecule has 0 atom stereocenters. The van der Waals surface area contributed by atoms with E-state index in [9.17, 15) is 9.59 Å². The molecule has 0 unspecified atom stereocenters. The van der Waals surface area contributed by atoms with Crippen LogP contribution in [0, 0.1) is 13.8 Å². The van der Waals surface area contributed by atoms with Crippen molar-refractivity contribution in [3.05, 3.63) is 62.7 Å². The Kier molecular flexibility index (Phi) is 4.77. The molecule has 0 saturated heterocycles. The summed E-state index contributed by atoms with van der Waals surface area (Å²) in [6.07, 6.45) is 0. The Morgan fingerprint density at radius 1 is 1.23 bits per heavy atom. The zero-order valence-electron chi connectivity index (χ0n) is 14.3. The third kappa shape index (κ3) is 3.60. The summed E-state index contributed by atoms with van der Waals surface area (Å²) in [7, 11) is 1.47. The third-order valence-electron chi connectivity index (χ3n) is 3.54. The zero-order chi connectivity index (χ0) is 18.8. The molecule has 0 radical (unpaired) electrons. The Labute approximate surface area is 153 Å². The topological polar surface area (TPSA) is 102 Å². The first-order chi connectivity index (χ1) is 12.4. The van der Waals surface area contributed by atoms with E-state index in [0.717, 1.165) is 0 Å².